The maximum Gasteiger partial charge on any atom is 0.303 e. The standard InChI is InChI=1S/C55H80N20O18S4/c1-25-44(83)72-36-21-95-97-22-37(73-45(84)29(56)9-10-42(80)81)52(91)74-38(51(90)69-33(16-40(57)78)54(93)75-12-4-8-39(75)53(92)65-25)23-96-94-20-35(43(58)82)71-50(89)34(19-76)70-48(87)31(14-26-5-2-6-28(77)13-26)67-49(88)32(15-27-17-61-24-64-27)68-47(86)30(7-3-11-62-55(59)60)66-41(79)18-63-46(36)85/h2,5-6,13,17,24-25,29-39,76-77H,3-4,7-12,14-16,18-23,56H2,1H3,(H2,57,78)(H2,58,82)(H,61,64)(H,63,85)(H,65,92)(H,66,79)(H,67,88)(H,68,86)(H,69,90)(H,70,87)(H,71,89)(H,72,83)(H,73,84)(H,74,91)(H,80,81)(H4,59,60,62)/t25-,29-,30-,31-,32-,33-,34-,35-,36-,37-,38-,39-/m0/s1. The summed E-state index contributed by atoms with van der Waals surface area (Å²) in [7, 11) is 3.19. The van der Waals surface area contributed by atoms with E-state index in [1.807, 2.05) is 0 Å². The average molecular weight is 1440 g/mol. The number of carbonyl (C=O) groups excluding carboxylic acids is 14. The Kier molecular flexibility index (Phi) is 31.7. The zero-order valence-electron chi connectivity index (χ0n) is 52.2. The van der Waals surface area contributed by atoms with E-state index >= 15 is 0 Å². The van der Waals surface area contributed by atoms with Crippen LogP contribution >= 0.6 is 43.2 Å². The van der Waals surface area contributed by atoms with Crippen molar-refractivity contribution in [3.8, 4) is 5.75 Å². The summed E-state index contributed by atoms with van der Waals surface area (Å²) < 4.78 is 0. The van der Waals surface area contributed by atoms with Gasteiger partial charge in [0, 0.05) is 67.3 Å². The second kappa shape index (κ2) is 39.2. The molecule has 4 heterocycles. The Balaban J connectivity index is 1.63. The molecule has 2 aromatic rings. The molecule has 0 aliphatic carbocycles. The van der Waals surface area contributed by atoms with Crippen LogP contribution in [0.3, 0.4) is 0 Å². The number of guanidine groups is 1. The molecule has 14 amide bonds. The van der Waals surface area contributed by atoms with Gasteiger partial charge in [-0.1, -0.05) is 55.3 Å². The van der Waals surface area contributed by atoms with Crippen molar-refractivity contribution < 1.29 is 87.2 Å². The average Bonchev–Trinajstić information content (AvgIpc) is 1.35. The Morgan fingerprint density at radius 3 is 1.96 bits per heavy atom. The number of H-pyrrole nitrogens is 1. The molecule has 0 saturated carbocycles. The molecule has 3 saturated heterocycles. The third-order valence-corrected chi connectivity index (χ3v) is 19.6. The van der Waals surface area contributed by atoms with E-state index in [2.05, 4.69) is 73.4 Å². The Labute approximate surface area is 569 Å². The number of nitrogens with one attached hydrogen (secondary N) is 12. The number of rotatable bonds is 17. The van der Waals surface area contributed by atoms with Crippen LogP contribution in [0.15, 0.2) is 41.8 Å². The number of nitrogens with two attached hydrogens (primary N) is 5. The number of fused-ring (bicyclic) bond motifs is 9. The molecule has 38 nitrogen and oxygen atoms in total. The van der Waals surface area contributed by atoms with Crippen LogP contribution in [0.4, 0.5) is 0 Å². The van der Waals surface area contributed by atoms with Crippen molar-refractivity contribution in [1.82, 2.24) is 73.4 Å². The predicted molar refractivity (Wildman–Crippen MR) is 352 cm³/mol. The molecule has 0 spiro atoms. The molecule has 5 rings (SSSR count). The fourth-order valence-corrected chi connectivity index (χ4v) is 14.2. The molecule has 1 aromatic heterocycles. The smallest absolute Gasteiger partial charge is 0.303 e. The lowest BCUT2D eigenvalue weighted by Crippen LogP contribution is -2.61. The summed E-state index contributed by atoms with van der Waals surface area (Å²) in [6.45, 7) is -0.938. The van der Waals surface area contributed by atoms with E-state index in [0.29, 0.717) is 0 Å². The molecule has 2 bridgehead atoms. The molecule has 12 atom stereocenters. The number of primary amides is 2. The number of hydrogen-bond donors (Lipinski definition) is 20. The van der Waals surface area contributed by atoms with E-state index in [1.165, 1.54) is 43.7 Å². The number of aliphatic carboxylic acids is 1. The Morgan fingerprint density at radius 1 is 0.711 bits per heavy atom. The minimum atomic E-state index is -1.88. The number of nitrogens with zero attached hydrogens (tertiary/aromatic N) is 3. The number of amides is 14. The molecule has 42 heteroatoms. The Hall–Kier alpha value is -9.13. The fraction of sp³-hybridized carbons (Fsp3) is 0.545. The van der Waals surface area contributed by atoms with Crippen molar-refractivity contribution in [3.63, 3.8) is 0 Å². The van der Waals surface area contributed by atoms with E-state index in [1.54, 1.807) is 0 Å². The number of carboxylic acid groups (broad SMARTS) is 1. The maximum absolute atomic E-state index is 14.6. The molecule has 0 radical (unpaired) electrons. The molecular formula is C55H80N20O18S4. The minimum Gasteiger partial charge on any atom is -0.508 e. The quantitative estimate of drug-likeness (QED) is 0.0303. The highest BCUT2D eigenvalue weighted by Crippen LogP contribution is 2.26. The number of phenols is 1. The van der Waals surface area contributed by atoms with Crippen molar-refractivity contribution in [3.05, 3.63) is 48.0 Å². The zero-order valence-corrected chi connectivity index (χ0v) is 55.5. The first-order chi connectivity index (χ1) is 46.0. The lowest BCUT2D eigenvalue weighted by atomic mass is 10.0. The van der Waals surface area contributed by atoms with Crippen LogP contribution in [-0.4, -0.2) is 247 Å². The number of aromatic nitrogens is 2. The van der Waals surface area contributed by atoms with Crippen molar-refractivity contribution in [2.24, 2.45) is 33.7 Å². The van der Waals surface area contributed by atoms with Gasteiger partial charge in [0.2, 0.25) is 82.7 Å². The van der Waals surface area contributed by atoms with Gasteiger partial charge in [0.1, 0.15) is 72.2 Å². The molecule has 3 fully saturated rings. The summed E-state index contributed by atoms with van der Waals surface area (Å²) in [6, 6.07) is -13.9. The summed E-state index contributed by atoms with van der Waals surface area (Å²) in [4.78, 5) is 219. The lowest BCUT2D eigenvalue weighted by Gasteiger charge is -2.30. The minimum absolute atomic E-state index is 0.0199. The van der Waals surface area contributed by atoms with Crippen LogP contribution in [0, 0.1) is 0 Å². The molecular weight excluding hydrogens is 1360 g/mol. The van der Waals surface area contributed by atoms with Crippen LogP contribution < -0.4 is 87.2 Å². The Morgan fingerprint density at radius 2 is 1.33 bits per heavy atom. The summed E-state index contributed by atoms with van der Waals surface area (Å²) in [6.07, 6.45) is 0.0676. The number of aromatic amines is 1. The number of phenolic OH excluding ortho intramolecular Hbond substituents is 1. The summed E-state index contributed by atoms with van der Waals surface area (Å²) >= 11 is 0. The fourth-order valence-electron chi connectivity index (χ4n) is 9.56. The van der Waals surface area contributed by atoms with Gasteiger partial charge < -0.3 is 112 Å². The SMILES string of the molecule is C[C@@H]1NC(=O)[C@@H]2CCCN2C(=O)[C@H](CC(N)=O)NC(=O)[C@@H]2CSSC[C@@H](C(N)=O)NC(=O)[C@H](CO)NC(=O)[C@H](Cc3cccc(O)c3)NC(=O)[C@H](Cc3cnc[nH]3)NC(=O)[C@H](CCCN=C(N)N)NC(=O)CNC(=O)[C@H](CSSC[C@H](NC(=O)[C@@H](N)CCC(=O)O)C(=O)N2)NC1=O. The van der Waals surface area contributed by atoms with Crippen LogP contribution in [0.1, 0.15) is 63.1 Å². The number of benzene rings is 1. The molecule has 25 N–H and O–H groups in total. The van der Waals surface area contributed by atoms with Crippen LogP contribution in [0.25, 0.3) is 0 Å². The number of carbonyl (C=O) groups is 15. The van der Waals surface area contributed by atoms with Crippen molar-refractivity contribution >= 4 is 138 Å². The number of carboxylic acids is 1. The number of aliphatic hydroxyl groups is 1. The highest BCUT2D eigenvalue weighted by atomic mass is 33.1. The highest BCUT2D eigenvalue weighted by molar-refractivity contribution is 8.77. The maximum atomic E-state index is 14.6. The largest absolute Gasteiger partial charge is 0.508 e. The van der Waals surface area contributed by atoms with Crippen molar-refractivity contribution in [2.45, 2.75) is 137 Å². The number of aliphatic imine (C=N–C) groups is 1. The van der Waals surface area contributed by atoms with Crippen LogP contribution in [-0.2, 0) is 84.8 Å². The van der Waals surface area contributed by atoms with Crippen LogP contribution in [0.5, 0.6) is 5.75 Å². The number of aliphatic hydroxyl groups excluding tert-OH is 1. The van der Waals surface area contributed by atoms with Crippen molar-refractivity contribution in [2.75, 3.05) is 49.3 Å². The van der Waals surface area contributed by atoms with Gasteiger partial charge in [-0.2, -0.15) is 0 Å². The van der Waals surface area contributed by atoms with Gasteiger partial charge in [-0.25, -0.2) is 4.98 Å². The first-order valence-electron chi connectivity index (χ1n) is 30.1. The normalized spacial score (nSPS) is 25.8. The number of imidazole rings is 1. The van der Waals surface area contributed by atoms with E-state index < -0.39 is 223 Å². The lowest BCUT2D eigenvalue weighted by molar-refractivity contribution is -0.143. The highest BCUT2D eigenvalue weighted by Gasteiger charge is 2.41. The van der Waals surface area contributed by atoms with Gasteiger partial charge in [0.25, 0.3) is 0 Å². The molecule has 532 valence electrons. The van der Waals surface area contributed by atoms with Crippen molar-refractivity contribution in [1.29, 1.82) is 0 Å². The van der Waals surface area contributed by atoms with Gasteiger partial charge >= 0.3 is 5.97 Å². The van der Waals surface area contributed by atoms with Gasteiger partial charge in [0.05, 0.1) is 31.9 Å². The van der Waals surface area contributed by atoms with E-state index in [-0.39, 0.29) is 68.2 Å². The molecule has 97 heavy (non-hydrogen) atoms. The summed E-state index contributed by atoms with van der Waals surface area (Å²) in [5.41, 5.74) is 28.9. The molecule has 1 aromatic carbocycles. The molecule has 3 aliphatic heterocycles. The van der Waals surface area contributed by atoms with E-state index in [4.69, 9.17) is 28.7 Å². The second-order valence-electron chi connectivity index (χ2n) is 22.3. The summed E-state index contributed by atoms with van der Waals surface area (Å²) in [5.74, 6) is -18.4. The van der Waals surface area contributed by atoms with Gasteiger partial charge in [0.15, 0.2) is 5.96 Å². The first-order valence-corrected chi connectivity index (χ1v) is 35.1. The summed E-state index contributed by atoms with van der Waals surface area (Å²) in [5, 5.41) is 57.2. The predicted octanol–water partition coefficient (Wildman–Crippen LogP) is -8.74. The third kappa shape index (κ3) is 26.1. The first kappa shape index (κ1) is 78.6. The number of aromatic hydroxyl groups is 1. The monoisotopic (exact) mass is 1440 g/mol. The van der Waals surface area contributed by atoms with Gasteiger partial charge in [-0.15, -0.1) is 0 Å². The van der Waals surface area contributed by atoms with E-state index in [0.717, 1.165) is 48.1 Å². The Bertz CT molecular complexity index is 3220. The van der Waals surface area contributed by atoms with Crippen LogP contribution in [0.2, 0.25) is 0 Å². The van der Waals surface area contributed by atoms with Gasteiger partial charge in [-0.3, -0.25) is 76.9 Å². The second-order valence-corrected chi connectivity index (χ2v) is 27.4. The van der Waals surface area contributed by atoms with E-state index in [9.17, 15) is 87.2 Å². The topological polar surface area (TPSA) is 623 Å². The molecule has 3 aliphatic rings. The zero-order chi connectivity index (χ0) is 71.5. The van der Waals surface area contributed by atoms with Gasteiger partial charge in [-0.05, 0) is 56.7 Å². The molecule has 0 unspecified atom stereocenters. The third-order valence-electron chi connectivity index (χ3n) is 14.7. The number of hydrogen-bond acceptors (Lipinski definition) is 24.